The van der Waals surface area contributed by atoms with Gasteiger partial charge in [-0.2, -0.15) is 5.10 Å². The maximum absolute atomic E-state index is 13.3. The molecule has 0 aliphatic rings. The topological polar surface area (TPSA) is 61.0 Å². The van der Waals surface area contributed by atoms with Crippen LogP contribution in [0.1, 0.15) is 0 Å². The summed E-state index contributed by atoms with van der Waals surface area (Å²) >= 11 is 0. The SMILES string of the molecule is COc1cc(-c2ccc(N)c(F)c2)cnn1. The van der Waals surface area contributed by atoms with Crippen LogP contribution in [-0.4, -0.2) is 17.3 Å². The number of hydrogen-bond donors (Lipinski definition) is 1. The fourth-order valence-corrected chi connectivity index (χ4v) is 1.31. The first-order valence-electron chi connectivity index (χ1n) is 4.63. The van der Waals surface area contributed by atoms with Crippen LogP contribution < -0.4 is 10.5 Å². The Morgan fingerprint density at radius 2 is 2.06 bits per heavy atom. The smallest absolute Gasteiger partial charge is 0.233 e. The van der Waals surface area contributed by atoms with Crippen molar-refractivity contribution in [3.05, 3.63) is 36.3 Å². The second-order valence-electron chi connectivity index (χ2n) is 3.22. The summed E-state index contributed by atoms with van der Waals surface area (Å²) in [5.41, 5.74) is 6.93. The Morgan fingerprint density at radius 1 is 1.25 bits per heavy atom. The summed E-state index contributed by atoms with van der Waals surface area (Å²) < 4.78 is 18.2. The van der Waals surface area contributed by atoms with Gasteiger partial charge < -0.3 is 10.5 Å². The lowest BCUT2D eigenvalue weighted by Crippen LogP contribution is -1.93. The number of nitrogens with two attached hydrogens (primary N) is 1. The van der Waals surface area contributed by atoms with Gasteiger partial charge in [0, 0.05) is 11.6 Å². The molecule has 1 heterocycles. The van der Waals surface area contributed by atoms with Crippen LogP contribution in [-0.2, 0) is 0 Å². The number of rotatable bonds is 2. The third-order valence-electron chi connectivity index (χ3n) is 2.18. The molecule has 0 aliphatic heterocycles. The summed E-state index contributed by atoms with van der Waals surface area (Å²) in [6.45, 7) is 0. The lowest BCUT2D eigenvalue weighted by atomic mass is 10.1. The molecular weight excluding hydrogens is 209 g/mol. The number of nitrogen functional groups attached to an aromatic ring is 1. The van der Waals surface area contributed by atoms with Gasteiger partial charge in [-0.3, -0.25) is 0 Å². The number of hydrogen-bond acceptors (Lipinski definition) is 4. The van der Waals surface area contributed by atoms with Crippen molar-refractivity contribution in [2.24, 2.45) is 0 Å². The van der Waals surface area contributed by atoms with Crippen molar-refractivity contribution in [3.63, 3.8) is 0 Å². The molecule has 0 aliphatic carbocycles. The molecule has 16 heavy (non-hydrogen) atoms. The summed E-state index contributed by atoms with van der Waals surface area (Å²) in [5, 5.41) is 7.49. The van der Waals surface area contributed by atoms with E-state index in [2.05, 4.69) is 10.2 Å². The fourth-order valence-electron chi connectivity index (χ4n) is 1.31. The van der Waals surface area contributed by atoms with Gasteiger partial charge in [0.1, 0.15) is 5.82 Å². The summed E-state index contributed by atoms with van der Waals surface area (Å²) in [6.07, 6.45) is 1.54. The van der Waals surface area contributed by atoms with E-state index in [1.165, 1.54) is 25.4 Å². The second kappa shape index (κ2) is 4.14. The predicted molar refractivity (Wildman–Crippen MR) is 58.4 cm³/mol. The minimum Gasteiger partial charge on any atom is -0.480 e. The van der Waals surface area contributed by atoms with Crippen LogP contribution in [0.25, 0.3) is 11.1 Å². The molecule has 5 heteroatoms. The van der Waals surface area contributed by atoms with Gasteiger partial charge in [0.2, 0.25) is 5.88 Å². The van der Waals surface area contributed by atoms with E-state index in [0.29, 0.717) is 11.4 Å². The Hall–Kier alpha value is -2.17. The van der Waals surface area contributed by atoms with Gasteiger partial charge in [0.25, 0.3) is 0 Å². The molecule has 0 unspecified atom stereocenters. The van der Waals surface area contributed by atoms with Crippen LogP contribution >= 0.6 is 0 Å². The zero-order chi connectivity index (χ0) is 11.5. The maximum atomic E-state index is 13.3. The van der Waals surface area contributed by atoms with Crippen LogP contribution in [0, 0.1) is 5.82 Å². The quantitative estimate of drug-likeness (QED) is 0.783. The summed E-state index contributed by atoms with van der Waals surface area (Å²) in [7, 11) is 1.50. The second-order valence-corrected chi connectivity index (χ2v) is 3.22. The minimum atomic E-state index is -0.451. The van der Waals surface area contributed by atoms with Gasteiger partial charge in [-0.05, 0) is 17.7 Å². The Labute approximate surface area is 91.9 Å². The van der Waals surface area contributed by atoms with Gasteiger partial charge in [0.05, 0.1) is 19.0 Å². The maximum Gasteiger partial charge on any atom is 0.233 e. The van der Waals surface area contributed by atoms with Gasteiger partial charge in [-0.1, -0.05) is 6.07 Å². The van der Waals surface area contributed by atoms with E-state index < -0.39 is 5.82 Å². The van der Waals surface area contributed by atoms with Crippen molar-refractivity contribution in [1.29, 1.82) is 0 Å². The zero-order valence-corrected chi connectivity index (χ0v) is 8.64. The third-order valence-corrected chi connectivity index (χ3v) is 2.18. The number of methoxy groups -OCH3 is 1. The number of nitrogens with zero attached hydrogens (tertiary/aromatic N) is 2. The van der Waals surface area contributed by atoms with Crippen LogP contribution in [0.15, 0.2) is 30.5 Å². The van der Waals surface area contributed by atoms with Crippen LogP contribution in [0.4, 0.5) is 10.1 Å². The van der Waals surface area contributed by atoms with Crippen molar-refractivity contribution in [1.82, 2.24) is 10.2 Å². The lowest BCUT2D eigenvalue weighted by molar-refractivity contribution is 0.392. The molecule has 2 rings (SSSR count). The molecule has 0 saturated heterocycles. The average molecular weight is 219 g/mol. The van der Waals surface area contributed by atoms with Crippen LogP contribution in [0.5, 0.6) is 5.88 Å². The number of aromatic nitrogens is 2. The number of ether oxygens (including phenoxy) is 1. The van der Waals surface area contributed by atoms with E-state index in [4.69, 9.17) is 10.5 Å². The number of anilines is 1. The Kier molecular flexibility index (Phi) is 2.68. The highest BCUT2D eigenvalue weighted by Crippen LogP contribution is 2.23. The molecule has 0 amide bonds. The first kappa shape index (κ1) is 10.4. The molecule has 82 valence electrons. The van der Waals surface area contributed by atoms with E-state index in [0.717, 1.165) is 5.56 Å². The van der Waals surface area contributed by atoms with Gasteiger partial charge in [-0.15, -0.1) is 5.10 Å². The first-order chi connectivity index (χ1) is 7.70. The molecule has 1 aromatic carbocycles. The summed E-state index contributed by atoms with van der Waals surface area (Å²) in [4.78, 5) is 0. The molecule has 4 nitrogen and oxygen atoms in total. The molecule has 0 atom stereocenters. The van der Waals surface area contributed by atoms with E-state index in [9.17, 15) is 4.39 Å². The van der Waals surface area contributed by atoms with Crippen LogP contribution in [0.3, 0.4) is 0 Å². The molecule has 2 N–H and O–H groups in total. The summed E-state index contributed by atoms with van der Waals surface area (Å²) in [5.74, 6) is -0.0667. The standard InChI is InChI=1S/C11H10FN3O/c1-16-11-5-8(6-14-15-11)7-2-3-10(13)9(12)4-7/h2-6H,13H2,1H3. The van der Waals surface area contributed by atoms with Crippen molar-refractivity contribution >= 4 is 5.69 Å². The van der Waals surface area contributed by atoms with Crippen molar-refractivity contribution in [3.8, 4) is 17.0 Å². The van der Waals surface area contributed by atoms with E-state index >= 15 is 0 Å². The molecule has 1 aromatic heterocycles. The Morgan fingerprint density at radius 3 is 2.75 bits per heavy atom. The monoisotopic (exact) mass is 219 g/mol. The number of halogens is 1. The third kappa shape index (κ3) is 1.93. The molecule has 0 bridgehead atoms. The molecule has 2 aromatic rings. The fraction of sp³-hybridized carbons (Fsp3) is 0.0909. The molecule has 0 fully saturated rings. The van der Waals surface area contributed by atoms with E-state index in [1.54, 1.807) is 12.1 Å². The zero-order valence-electron chi connectivity index (χ0n) is 8.64. The number of benzene rings is 1. The average Bonchev–Trinajstić information content (AvgIpc) is 2.33. The Bertz CT molecular complexity index is 516. The minimum absolute atomic E-state index is 0.123. The van der Waals surface area contributed by atoms with E-state index in [1.807, 2.05) is 0 Å². The predicted octanol–water partition coefficient (Wildman–Crippen LogP) is 1.87. The van der Waals surface area contributed by atoms with Gasteiger partial charge in [-0.25, -0.2) is 4.39 Å². The van der Waals surface area contributed by atoms with Crippen molar-refractivity contribution in [2.75, 3.05) is 12.8 Å². The van der Waals surface area contributed by atoms with Crippen molar-refractivity contribution < 1.29 is 9.13 Å². The molecule has 0 radical (unpaired) electrons. The highest BCUT2D eigenvalue weighted by atomic mass is 19.1. The highest BCUT2D eigenvalue weighted by molar-refractivity contribution is 5.65. The summed E-state index contributed by atoms with van der Waals surface area (Å²) in [6, 6.07) is 6.26. The highest BCUT2D eigenvalue weighted by Gasteiger charge is 2.04. The largest absolute Gasteiger partial charge is 0.480 e. The van der Waals surface area contributed by atoms with Crippen molar-refractivity contribution in [2.45, 2.75) is 0 Å². The molecular formula is C11H10FN3O. The van der Waals surface area contributed by atoms with Gasteiger partial charge in [0.15, 0.2) is 0 Å². The Balaban J connectivity index is 2.46. The molecule has 0 spiro atoms. The first-order valence-corrected chi connectivity index (χ1v) is 4.63. The lowest BCUT2D eigenvalue weighted by Gasteiger charge is -2.04. The van der Waals surface area contributed by atoms with Gasteiger partial charge >= 0.3 is 0 Å². The van der Waals surface area contributed by atoms with Crippen LogP contribution in [0.2, 0.25) is 0 Å². The van der Waals surface area contributed by atoms with E-state index in [-0.39, 0.29) is 5.69 Å². The normalized spacial score (nSPS) is 10.1. The molecule has 0 saturated carbocycles.